The third-order valence-corrected chi connectivity index (χ3v) is 24.8. The van der Waals surface area contributed by atoms with Crippen LogP contribution in [0.1, 0.15) is 174 Å². The maximum absolute atomic E-state index is 12.0. The summed E-state index contributed by atoms with van der Waals surface area (Å²) in [6, 6.07) is 31.4. The van der Waals surface area contributed by atoms with Crippen molar-refractivity contribution in [2.45, 2.75) is 205 Å². The first-order valence-electron chi connectivity index (χ1n) is 48.1. The van der Waals surface area contributed by atoms with Crippen LogP contribution in [0, 0.1) is 0 Å². The number of anilines is 8. The molecule has 0 spiro atoms. The van der Waals surface area contributed by atoms with Crippen molar-refractivity contribution in [3.8, 4) is 34.5 Å². The van der Waals surface area contributed by atoms with Gasteiger partial charge in [-0.15, -0.1) is 0 Å². The summed E-state index contributed by atoms with van der Waals surface area (Å²) in [6.07, 6.45) is 12.2. The van der Waals surface area contributed by atoms with Crippen LogP contribution in [0.25, 0.3) is 43.6 Å². The molecule has 9 aromatic rings. The predicted molar refractivity (Wildman–Crippen MR) is 535 cm³/mol. The second-order valence-electron chi connectivity index (χ2n) is 35.4. The molecule has 5 aromatic carbocycles. The van der Waals surface area contributed by atoms with Crippen molar-refractivity contribution in [3.05, 3.63) is 96.6 Å². The molecule has 0 saturated carbocycles. The minimum atomic E-state index is -0.562. The first-order chi connectivity index (χ1) is 67.8. The summed E-state index contributed by atoms with van der Waals surface area (Å²) >= 11 is 0. The Morgan fingerprint density at radius 2 is 0.621 bits per heavy atom. The first kappa shape index (κ1) is 109. The highest BCUT2D eigenvalue weighted by Crippen LogP contribution is 2.39. The smallest absolute Gasteiger partial charge is 0.243 e. The van der Waals surface area contributed by atoms with Crippen molar-refractivity contribution in [1.82, 2.24) is 81.4 Å². The molecule has 16 N–H and O–H groups in total. The van der Waals surface area contributed by atoms with Gasteiger partial charge in [0, 0.05) is 212 Å². The predicted octanol–water partition coefficient (Wildman–Crippen LogP) is 11.1. The number of amides is 4. The van der Waals surface area contributed by atoms with Gasteiger partial charge in [0.2, 0.25) is 47.4 Å². The molecule has 42 nitrogen and oxygen atoms in total. The lowest BCUT2D eigenvalue weighted by atomic mass is 10.0. The molecular weight excluding hydrogens is 1800 g/mol. The normalized spacial score (nSPS) is 14.6. The molecule has 4 fully saturated rings. The number of ether oxygens (including phenoxy) is 6. The van der Waals surface area contributed by atoms with Crippen LogP contribution in [0.4, 0.5) is 47.1 Å². The molecule has 4 aliphatic heterocycles. The number of aromatic nitrogens is 8. The number of benzene rings is 5. The van der Waals surface area contributed by atoms with Crippen molar-refractivity contribution in [2.75, 3.05) is 178 Å². The topological polar surface area (TPSA) is 533 Å². The molecule has 760 valence electrons. The van der Waals surface area contributed by atoms with Crippen LogP contribution >= 0.6 is 0 Å². The number of piperidine rings is 4. The van der Waals surface area contributed by atoms with Crippen molar-refractivity contribution < 1.29 is 87.6 Å². The van der Waals surface area contributed by atoms with Gasteiger partial charge in [-0.2, -0.15) is 19.9 Å². The van der Waals surface area contributed by atoms with Crippen molar-refractivity contribution >= 4 is 137 Å². The summed E-state index contributed by atoms with van der Waals surface area (Å²) in [5, 5.41) is 65.0. The summed E-state index contributed by atoms with van der Waals surface area (Å²) < 4.78 is 32.6. The number of rotatable bonds is 49. The fourth-order valence-corrected chi connectivity index (χ4v) is 16.5. The van der Waals surface area contributed by atoms with Crippen molar-refractivity contribution in [3.63, 3.8) is 0 Å². The number of nitrogens with zero attached hydrogens (tertiary/aromatic N) is 12. The molecule has 140 heavy (non-hydrogen) atoms. The highest BCUT2D eigenvalue weighted by molar-refractivity contribution is 5.96. The quantitative estimate of drug-likeness (QED) is 0.00956. The van der Waals surface area contributed by atoms with E-state index in [0.717, 1.165) is 189 Å². The second-order valence-corrected chi connectivity index (χ2v) is 35.4. The number of Topliss-reactive ketones (excluding diaryl/α,β-unsaturated/α-hetero) is 4. The summed E-state index contributed by atoms with van der Waals surface area (Å²) in [4.78, 5) is 139. The van der Waals surface area contributed by atoms with E-state index in [1.807, 2.05) is 66.7 Å². The summed E-state index contributed by atoms with van der Waals surface area (Å²) in [5.41, 5.74) is 10.5. The number of nitrogens with one attached hydrogen (secondary N) is 12. The zero-order valence-electron chi connectivity index (χ0n) is 82.1. The van der Waals surface area contributed by atoms with E-state index in [2.05, 4.69) is 134 Å². The van der Waals surface area contributed by atoms with Gasteiger partial charge in [-0.05, 0) is 173 Å². The van der Waals surface area contributed by atoms with Gasteiger partial charge >= 0.3 is 0 Å². The second kappa shape index (κ2) is 57.4. The van der Waals surface area contributed by atoms with Crippen LogP contribution in [-0.4, -0.2) is 293 Å². The van der Waals surface area contributed by atoms with Crippen LogP contribution < -0.4 is 92.9 Å². The molecule has 4 aromatic heterocycles. The third-order valence-electron chi connectivity index (χ3n) is 24.8. The lowest BCUT2D eigenvalue weighted by Crippen LogP contribution is -2.42. The molecule has 13 rings (SSSR count). The Morgan fingerprint density at radius 1 is 0.336 bits per heavy atom. The van der Waals surface area contributed by atoms with Gasteiger partial charge in [0.15, 0.2) is 23.0 Å². The zero-order valence-corrected chi connectivity index (χ0v) is 82.1. The number of ketones is 4. The summed E-state index contributed by atoms with van der Waals surface area (Å²) in [5.74, 6) is 6.43. The van der Waals surface area contributed by atoms with Crippen molar-refractivity contribution in [2.24, 2.45) is 0 Å². The Morgan fingerprint density at radius 3 is 0.914 bits per heavy atom. The van der Waals surface area contributed by atoms with Crippen LogP contribution in [0.15, 0.2) is 91.0 Å². The fourth-order valence-electron chi connectivity index (χ4n) is 16.5. The summed E-state index contributed by atoms with van der Waals surface area (Å²) in [6.45, 7) is 15.7. The molecular formula is C98H140N24O18. The monoisotopic (exact) mass is 1940 g/mol. The summed E-state index contributed by atoms with van der Waals surface area (Å²) in [7, 11) is 13.9. The van der Waals surface area contributed by atoms with Gasteiger partial charge in [0.1, 0.15) is 57.9 Å². The number of carbonyl (C=O) groups excluding carboxylic acids is 8. The molecule has 0 atom stereocenters. The fraction of sp³-hybridized carbons (Fsp3) is 0.531. The highest BCUT2D eigenvalue weighted by atomic mass is 16.5. The SMILES string of the molecule is COc1cc2nc(NCCCC(=O)CCC(=O)NO)nc(NC3CCN(C(C)C)CC3)c2cc1OC.COc1cc2nc(NCCCC(=O)CCC(=O)NO)nc(NC3CCN(C)CC3)c2cc1OC.COc1ccc2c(NC3CCN(C)CC3)nc(NCCCC(=O)CCC(=O)NO)nc2c1.COc1ccc2c(NC3CCN(Cc4ccccc4)CC3)nc(NCCCC(=O)CCC(=O)NO)nc2c1. The van der Waals surface area contributed by atoms with Crippen LogP contribution in [0.3, 0.4) is 0 Å². The Balaban J connectivity index is 0.000000193. The Labute approximate surface area is 816 Å². The largest absolute Gasteiger partial charge is 0.497 e. The van der Waals surface area contributed by atoms with Crippen molar-refractivity contribution in [1.29, 1.82) is 0 Å². The maximum atomic E-state index is 12.0. The number of hydroxylamine groups is 4. The molecule has 8 heterocycles. The van der Waals surface area contributed by atoms with E-state index < -0.39 is 23.6 Å². The molecule has 42 heteroatoms. The van der Waals surface area contributed by atoms with E-state index >= 15 is 0 Å². The number of methoxy groups -OCH3 is 6. The van der Waals surface area contributed by atoms with Crippen LogP contribution in [0.5, 0.6) is 34.5 Å². The van der Waals surface area contributed by atoms with Crippen LogP contribution in [0.2, 0.25) is 0 Å². The van der Waals surface area contributed by atoms with Gasteiger partial charge in [0.25, 0.3) is 0 Å². The first-order valence-corrected chi connectivity index (χ1v) is 48.1. The highest BCUT2D eigenvalue weighted by Gasteiger charge is 2.28. The number of likely N-dealkylation sites (tertiary alicyclic amines) is 4. The van der Waals surface area contributed by atoms with Gasteiger partial charge in [-0.3, -0.25) is 64.1 Å². The Bertz CT molecular complexity index is 5510. The van der Waals surface area contributed by atoms with Gasteiger partial charge in [0.05, 0.1) is 64.7 Å². The van der Waals surface area contributed by atoms with Gasteiger partial charge in [-0.25, -0.2) is 41.9 Å². The third kappa shape index (κ3) is 35.3. The average molecular weight is 1940 g/mol. The lowest BCUT2D eigenvalue weighted by molar-refractivity contribution is -0.131. The number of carbonyl (C=O) groups is 8. The van der Waals surface area contributed by atoms with E-state index in [-0.39, 0.29) is 74.5 Å². The van der Waals surface area contributed by atoms with E-state index in [9.17, 15) is 38.4 Å². The molecule has 0 aliphatic carbocycles. The molecule has 4 amide bonds. The van der Waals surface area contributed by atoms with Gasteiger partial charge < -0.3 is 85.7 Å². The molecule has 0 unspecified atom stereocenters. The number of fused-ring (bicyclic) bond motifs is 4. The van der Waals surface area contributed by atoms with E-state index in [1.54, 1.807) is 48.1 Å². The Kier molecular flexibility index (Phi) is 44.7. The molecule has 4 saturated heterocycles. The minimum Gasteiger partial charge on any atom is -0.497 e. The van der Waals surface area contributed by atoms with E-state index in [4.69, 9.17) is 69.2 Å². The molecule has 0 bridgehead atoms. The number of hydrogen-bond donors (Lipinski definition) is 16. The minimum absolute atomic E-state index is 0.00956. The average Bonchev–Trinajstić information content (AvgIpc) is 0.797. The molecule has 0 radical (unpaired) electrons. The number of hydrogen-bond acceptors (Lipinski definition) is 38. The van der Waals surface area contributed by atoms with E-state index in [0.29, 0.717) is 155 Å². The maximum Gasteiger partial charge on any atom is 0.243 e. The van der Waals surface area contributed by atoms with Crippen LogP contribution in [-0.2, 0) is 44.9 Å². The molecule has 4 aliphatic rings. The Hall–Kier alpha value is -13.1. The standard InChI is InChI=1S/C28H36N6O4.C25H38N6O5.C23H34N6O5.C22H32N6O4/c1-38-23-10-11-24-25(18-23)31-28(29-15-5-8-22(35)9-12-26(36)33-37)32-27(24)30-21-13-16-34(17-14-21)19-20-6-3-2-4-7-20;1-16(2)31-12-9-17(10-13-31)27-24-19-14-21(35-3)22(36-4)15-20(19)28-25(29-24)26-11-5-6-18(32)7-8-23(33)30-34;1-29-11-8-15(9-12-29)25-22-17-13-19(33-2)20(34-3)14-18(17)26-23(27-22)24-10-4-5-16(30)6-7-21(31)28-32;1-28-12-9-15(10-13-28)24-21-18-7-6-17(32-2)14-19(18)25-22(26-21)23-11-3-4-16(29)5-8-20(30)27-31/h2-4,6-7,10-11,18,21,37H,5,8-9,12-17,19H2,1H3,(H,33,36)(H2,29,30,31,32);14-17,34H,5-13H2,1-4H3,(H,30,33)(H2,26,27,28,29);13-15,32H,4-12H2,1-3H3,(H,28,31)(H2,24,25,26,27);6-7,14-15,31H,3-5,8-13H2,1-2H3,(H,27,30)(H2,23,24,25,26). The van der Waals surface area contributed by atoms with E-state index in [1.165, 1.54) is 22.0 Å². The lowest BCUT2D eigenvalue weighted by Gasteiger charge is -2.35. The van der Waals surface area contributed by atoms with Gasteiger partial charge in [-0.1, -0.05) is 30.3 Å². The zero-order chi connectivity index (χ0) is 100.